The van der Waals surface area contributed by atoms with E-state index in [0.29, 0.717) is 0 Å². The second-order valence-corrected chi connectivity index (χ2v) is 5.94. The molecule has 1 aromatic rings. The molecule has 2 aliphatic rings. The van der Waals surface area contributed by atoms with Crippen LogP contribution in [-0.4, -0.2) is 37.1 Å². The van der Waals surface area contributed by atoms with Gasteiger partial charge in [0, 0.05) is 25.7 Å². The molecule has 98 valence electrons. The van der Waals surface area contributed by atoms with Crippen molar-refractivity contribution >= 4 is 17.3 Å². The van der Waals surface area contributed by atoms with E-state index in [2.05, 4.69) is 22.8 Å². The number of hydrogen-bond acceptors (Lipinski definition) is 2. The summed E-state index contributed by atoms with van der Waals surface area (Å²) in [5, 5.41) is 0.902. The summed E-state index contributed by atoms with van der Waals surface area (Å²) in [6.45, 7) is 6.90. The summed E-state index contributed by atoms with van der Waals surface area (Å²) in [5.74, 6) is 0. The van der Waals surface area contributed by atoms with Crippen LogP contribution >= 0.6 is 11.6 Å². The minimum atomic E-state index is 0.739. The Balaban J connectivity index is 1.81. The number of para-hydroxylation sites is 1. The van der Waals surface area contributed by atoms with Gasteiger partial charge in [0.25, 0.3) is 0 Å². The van der Waals surface area contributed by atoms with Gasteiger partial charge in [-0.15, -0.1) is 0 Å². The molecule has 2 fully saturated rings. The number of rotatable bonds is 1. The van der Waals surface area contributed by atoms with Crippen LogP contribution in [0.5, 0.6) is 0 Å². The van der Waals surface area contributed by atoms with Gasteiger partial charge < -0.3 is 4.90 Å². The highest BCUT2D eigenvalue weighted by Gasteiger charge is 2.29. The Labute approximate surface area is 115 Å². The lowest BCUT2D eigenvalue weighted by Crippen LogP contribution is -2.55. The molecule has 2 aliphatic heterocycles. The number of aryl methyl sites for hydroxylation is 1. The van der Waals surface area contributed by atoms with Gasteiger partial charge in [0.1, 0.15) is 0 Å². The van der Waals surface area contributed by atoms with Gasteiger partial charge in [0.15, 0.2) is 0 Å². The Hall–Kier alpha value is -0.730. The molecule has 0 amide bonds. The third-order valence-corrected chi connectivity index (χ3v) is 4.65. The molecule has 18 heavy (non-hydrogen) atoms. The van der Waals surface area contributed by atoms with Gasteiger partial charge in [-0.25, -0.2) is 0 Å². The van der Waals surface area contributed by atoms with Crippen LogP contribution in [0.3, 0.4) is 0 Å². The van der Waals surface area contributed by atoms with Gasteiger partial charge in [-0.1, -0.05) is 30.2 Å². The van der Waals surface area contributed by atoms with Crippen LogP contribution in [0.2, 0.25) is 5.02 Å². The first kappa shape index (κ1) is 12.3. The Kier molecular flexibility index (Phi) is 3.49. The van der Waals surface area contributed by atoms with E-state index in [1.165, 1.54) is 43.6 Å². The van der Waals surface area contributed by atoms with E-state index in [1.807, 2.05) is 12.1 Å². The first-order valence-corrected chi connectivity index (χ1v) is 7.37. The van der Waals surface area contributed by atoms with Gasteiger partial charge in [-0.3, -0.25) is 4.90 Å². The first-order chi connectivity index (χ1) is 8.75. The maximum Gasteiger partial charge on any atom is 0.0642 e. The highest BCUT2D eigenvalue weighted by atomic mass is 35.5. The zero-order valence-electron chi connectivity index (χ0n) is 11.0. The molecule has 0 bridgehead atoms. The van der Waals surface area contributed by atoms with Crippen molar-refractivity contribution in [3.63, 3.8) is 0 Å². The van der Waals surface area contributed by atoms with Gasteiger partial charge in [-0.05, 0) is 37.9 Å². The summed E-state index contributed by atoms with van der Waals surface area (Å²) in [5.41, 5.74) is 2.55. The van der Waals surface area contributed by atoms with Crippen LogP contribution in [0, 0.1) is 6.92 Å². The SMILES string of the molecule is Cc1cccc(Cl)c1N1CCN2CCCCC2C1. The third kappa shape index (κ3) is 2.24. The molecule has 1 unspecified atom stereocenters. The molecule has 1 aromatic carbocycles. The summed E-state index contributed by atoms with van der Waals surface area (Å²) < 4.78 is 0. The molecule has 2 saturated heterocycles. The maximum atomic E-state index is 6.38. The van der Waals surface area contributed by atoms with E-state index >= 15 is 0 Å². The predicted octanol–water partition coefficient (Wildman–Crippen LogP) is 3.32. The number of anilines is 1. The fourth-order valence-corrected chi connectivity index (χ4v) is 3.72. The van der Waals surface area contributed by atoms with E-state index in [0.717, 1.165) is 24.2 Å². The lowest BCUT2D eigenvalue weighted by Gasteiger charge is -2.45. The fraction of sp³-hybridized carbons (Fsp3) is 0.600. The van der Waals surface area contributed by atoms with Crippen molar-refractivity contribution in [3.8, 4) is 0 Å². The number of fused-ring (bicyclic) bond motifs is 1. The van der Waals surface area contributed by atoms with Crippen LogP contribution in [0.25, 0.3) is 0 Å². The quantitative estimate of drug-likeness (QED) is 0.768. The lowest BCUT2D eigenvalue weighted by molar-refractivity contribution is 0.133. The molecule has 1 atom stereocenters. The van der Waals surface area contributed by atoms with Crippen molar-refractivity contribution < 1.29 is 0 Å². The molecule has 3 rings (SSSR count). The van der Waals surface area contributed by atoms with E-state index < -0.39 is 0 Å². The summed E-state index contributed by atoms with van der Waals surface area (Å²) in [6, 6.07) is 6.95. The van der Waals surface area contributed by atoms with E-state index in [9.17, 15) is 0 Å². The zero-order valence-corrected chi connectivity index (χ0v) is 11.8. The average Bonchev–Trinajstić information content (AvgIpc) is 2.38. The van der Waals surface area contributed by atoms with E-state index in [-0.39, 0.29) is 0 Å². The predicted molar refractivity (Wildman–Crippen MR) is 77.6 cm³/mol. The average molecular weight is 265 g/mol. The van der Waals surface area contributed by atoms with Crippen molar-refractivity contribution in [2.75, 3.05) is 31.1 Å². The van der Waals surface area contributed by atoms with Crippen LogP contribution in [0.15, 0.2) is 18.2 Å². The van der Waals surface area contributed by atoms with Crippen LogP contribution in [-0.2, 0) is 0 Å². The Morgan fingerprint density at radius 2 is 2.06 bits per heavy atom. The Morgan fingerprint density at radius 3 is 2.89 bits per heavy atom. The molecule has 2 heterocycles. The maximum absolute atomic E-state index is 6.38. The van der Waals surface area contributed by atoms with Crippen LogP contribution in [0.4, 0.5) is 5.69 Å². The molecule has 0 spiro atoms. The number of piperidine rings is 1. The lowest BCUT2D eigenvalue weighted by atomic mass is 9.99. The molecular weight excluding hydrogens is 244 g/mol. The smallest absolute Gasteiger partial charge is 0.0642 e. The summed E-state index contributed by atoms with van der Waals surface area (Å²) >= 11 is 6.38. The van der Waals surface area contributed by atoms with Crippen molar-refractivity contribution in [1.82, 2.24) is 4.90 Å². The second-order valence-electron chi connectivity index (χ2n) is 5.54. The zero-order chi connectivity index (χ0) is 12.5. The van der Waals surface area contributed by atoms with Crippen molar-refractivity contribution in [2.24, 2.45) is 0 Å². The summed E-state index contributed by atoms with van der Waals surface area (Å²) in [6.07, 6.45) is 4.11. The molecule has 0 N–H and O–H groups in total. The van der Waals surface area contributed by atoms with Gasteiger partial charge in [0.05, 0.1) is 10.7 Å². The molecule has 3 heteroatoms. The normalized spacial score (nSPS) is 25.0. The molecule has 0 saturated carbocycles. The number of benzene rings is 1. The topological polar surface area (TPSA) is 6.48 Å². The molecule has 2 nitrogen and oxygen atoms in total. The van der Waals surface area contributed by atoms with Crippen LogP contribution < -0.4 is 4.90 Å². The second kappa shape index (κ2) is 5.10. The summed E-state index contributed by atoms with van der Waals surface area (Å²) in [4.78, 5) is 5.15. The number of piperazine rings is 1. The molecular formula is C15H21ClN2. The van der Waals surface area contributed by atoms with Crippen molar-refractivity contribution in [1.29, 1.82) is 0 Å². The number of nitrogens with zero attached hydrogens (tertiary/aromatic N) is 2. The van der Waals surface area contributed by atoms with Crippen LogP contribution in [0.1, 0.15) is 24.8 Å². The highest BCUT2D eigenvalue weighted by Crippen LogP contribution is 2.32. The number of halogens is 1. The Bertz CT molecular complexity index is 412. The number of hydrogen-bond donors (Lipinski definition) is 0. The van der Waals surface area contributed by atoms with Gasteiger partial charge in [0.2, 0.25) is 0 Å². The first-order valence-electron chi connectivity index (χ1n) is 7.00. The van der Waals surface area contributed by atoms with Gasteiger partial charge >= 0.3 is 0 Å². The minimum Gasteiger partial charge on any atom is -0.367 e. The minimum absolute atomic E-state index is 0.739. The van der Waals surface area contributed by atoms with Gasteiger partial charge in [-0.2, -0.15) is 0 Å². The molecule has 0 aromatic heterocycles. The van der Waals surface area contributed by atoms with E-state index in [4.69, 9.17) is 11.6 Å². The van der Waals surface area contributed by atoms with Crippen molar-refractivity contribution in [3.05, 3.63) is 28.8 Å². The standard InChI is InChI=1S/C15H21ClN2/c1-12-5-4-7-14(16)15(12)18-10-9-17-8-3-2-6-13(17)11-18/h4-5,7,13H,2-3,6,8-11H2,1H3. The van der Waals surface area contributed by atoms with E-state index in [1.54, 1.807) is 0 Å². The fourth-order valence-electron chi connectivity index (χ4n) is 3.38. The summed E-state index contributed by atoms with van der Waals surface area (Å²) in [7, 11) is 0. The van der Waals surface area contributed by atoms with Crippen molar-refractivity contribution in [2.45, 2.75) is 32.2 Å². The third-order valence-electron chi connectivity index (χ3n) is 4.34. The molecule has 0 aliphatic carbocycles. The monoisotopic (exact) mass is 264 g/mol. The largest absolute Gasteiger partial charge is 0.367 e. The highest BCUT2D eigenvalue weighted by molar-refractivity contribution is 6.33. The molecule has 0 radical (unpaired) electrons. The Morgan fingerprint density at radius 1 is 1.17 bits per heavy atom.